The van der Waals surface area contributed by atoms with Crippen LogP contribution in [0.2, 0.25) is 0 Å². The smallest absolute Gasteiger partial charge is 0.326 e. The van der Waals surface area contributed by atoms with Gasteiger partial charge >= 0.3 is 5.97 Å². The number of fused-ring (bicyclic) bond motifs is 1. The predicted molar refractivity (Wildman–Crippen MR) is 122 cm³/mol. The van der Waals surface area contributed by atoms with Crippen molar-refractivity contribution in [1.82, 2.24) is 9.62 Å². The maximum atomic E-state index is 13.3. The summed E-state index contributed by atoms with van der Waals surface area (Å²) in [5.41, 5.74) is 7.11. The van der Waals surface area contributed by atoms with Crippen molar-refractivity contribution in [3.8, 4) is 0 Å². The molecule has 0 bridgehead atoms. The van der Waals surface area contributed by atoms with Gasteiger partial charge in [0.05, 0.1) is 5.69 Å². The largest absolute Gasteiger partial charge is 0.480 e. The van der Waals surface area contributed by atoms with Crippen molar-refractivity contribution in [2.24, 2.45) is 17.6 Å². The zero-order valence-electron chi connectivity index (χ0n) is 18.7. The number of piperidine rings is 1. The third kappa shape index (κ3) is 5.41. The van der Waals surface area contributed by atoms with E-state index in [9.17, 15) is 23.1 Å². The van der Waals surface area contributed by atoms with Crippen LogP contribution in [0, 0.1) is 11.8 Å². The van der Waals surface area contributed by atoms with Crippen molar-refractivity contribution >= 4 is 27.6 Å². The molecule has 3 rings (SSSR count). The SMILES string of the molecule is CC1CNc2c(cccc2S(=O)(=O)N[C@@H](CCCN)C(=O)N2CC[C@@H](C)C[C@@H]2C(=O)O)C1. The lowest BCUT2D eigenvalue weighted by Crippen LogP contribution is -2.56. The highest BCUT2D eigenvalue weighted by molar-refractivity contribution is 7.89. The number of anilines is 1. The molecule has 0 radical (unpaired) electrons. The highest BCUT2D eigenvalue weighted by Gasteiger charge is 2.39. The van der Waals surface area contributed by atoms with E-state index < -0.39 is 34.0 Å². The van der Waals surface area contributed by atoms with Crippen LogP contribution in [0.4, 0.5) is 5.69 Å². The van der Waals surface area contributed by atoms with E-state index in [4.69, 9.17) is 5.73 Å². The molecule has 4 atom stereocenters. The van der Waals surface area contributed by atoms with E-state index in [2.05, 4.69) is 17.0 Å². The average molecular weight is 467 g/mol. The number of carboxylic acids is 1. The summed E-state index contributed by atoms with van der Waals surface area (Å²) in [6.45, 7) is 5.30. The molecular formula is C22H34N4O5S. The first-order valence-corrected chi connectivity index (χ1v) is 12.7. The molecule has 0 saturated carbocycles. The topological polar surface area (TPSA) is 142 Å². The minimum Gasteiger partial charge on any atom is -0.480 e. The molecule has 5 N–H and O–H groups in total. The van der Waals surface area contributed by atoms with Crippen LogP contribution in [0.25, 0.3) is 0 Å². The molecule has 1 aromatic carbocycles. The lowest BCUT2D eigenvalue weighted by atomic mass is 9.91. The molecule has 0 aliphatic carbocycles. The molecule has 32 heavy (non-hydrogen) atoms. The van der Waals surface area contributed by atoms with Crippen LogP contribution < -0.4 is 15.8 Å². The number of likely N-dealkylation sites (tertiary alicyclic amines) is 1. The number of aliphatic carboxylic acids is 1. The zero-order chi connectivity index (χ0) is 23.5. The van der Waals surface area contributed by atoms with Crippen molar-refractivity contribution in [3.63, 3.8) is 0 Å². The number of para-hydroxylation sites is 1. The zero-order valence-corrected chi connectivity index (χ0v) is 19.5. The number of benzene rings is 1. The van der Waals surface area contributed by atoms with Crippen molar-refractivity contribution in [3.05, 3.63) is 23.8 Å². The van der Waals surface area contributed by atoms with Gasteiger partial charge in [0.1, 0.15) is 17.0 Å². The molecule has 1 fully saturated rings. The quantitative estimate of drug-likeness (QED) is 0.453. The molecule has 1 aromatic rings. The molecule has 2 aliphatic rings. The summed E-state index contributed by atoms with van der Waals surface area (Å²) in [4.78, 5) is 26.5. The van der Waals surface area contributed by atoms with E-state index in [1.807, 2.05) is 13.0 Å². The van der Waals surface area contributed by atoms with Crippen molar-refractivity contribution in [1.29, 1.82) is 0 Å². The van der Waals surface area contributed by atoms with Crippen molar-refractivity contribution < 1.29 is 23.1 Å². The fourth-order valence-electron chi connectivity index (χ4n) is 4.54. The molecule has 1 unspecified atom stereocenters. The first-order chi connectivity index (χ1) is 15.1. The fraction of sp³-hybridized carbons (Fsp3) is 0.636. The Morgan fingerprint density at radius 3 is 2.75 bits per heavy atom. The summed E-state index contributed by atoms with van der Waals surface area (Å²) in [7, 11) is -4.03. The summed E-state index contributed by atoms with van der Waals surface area (Å²) in [5.74, 6) is -1.00. The van der Waals surface area contributed by atoms with E-state index >= 15 is 0 Å². The Balaban J connectivity index is 1.88. The second kappa shape index (κ2) is 10.2. The normalized spacial score (nSPS) is 24.3. The number of carbonyl (C=O) groups is 2. The van der Waals surface area contributed by atoms with Crippen molar-refractivity contribution in [2.45, 2.75) is 62.9 Å². The molecule has 1 saturated heterocycles. The van der Waals surface area contributed by atoms with Gasteiger partial charge in [0.15, 0.2) is 0 Å². The molecule has 2 aliphatic heterocycles. The molecular weight excluding hydrogens is 432 g/mol. The van der Waals surface area contributed by atoms with Gasteiger partial charge in [-0.25, -0.2) is 13.2 Å². The van der Waals surface area contributed by atoms with E-state index in [-0.39, 0.29) is 23.8 Å². The van der Waals surface area contributed by atoms with Crippen LogP contribution >= 0.6 is 0 Å². The first kappa shape index (κ1) is 24.5. The fourth-order valence-corrected chi connectivity index (χ4v) is 5.99. The van der Waals surface area contributed by atoms with Gasteiger partial charge in [-0.05, 0) is 62.1 Å². The molecule has 10 heteroatoms. The second-order valence-corrected chi connectivity index (χ2v) is 10.8. The van der Waals surface area contributed by atoms with Gasteiger partial charge in [0.25, 0.3) is 0 Å². The van der Waals surface area contributed by atoms with Gasteiger partial charge in [-0.2, -0.15) is 4.72 Å². The van der Waals surface area contributed by atoms with E-state index in [0.29, 0.717) is 44.0 Å². The Hall–Kier alpha value is -2.17. The van der Waals surface area contributed by atoms with Gasteiger partial charge in [-0.15, -0.1) is 0 Å². The van der Waals surface area contributed by atoms with Gasteiger partial charge in [0.2, 0.25) is 15.9 Å². The Labute approximate surface area is 189 Å². The van der Waals surface area contributed by atoms with Crippen LogP contribution in [-0.2, 0) is 26.0 Å². The number of carbonyl (C=O) groups excluding carboxylic acids is 1. The molecule has 9 nitrogen and oxygen atoms in total. The van der Waals surface area contributed by atoms with Gasteiger partial charge in [0, 0.05) is 13.1 Å². The number of rotatable bonds is 8. The van der Waals surface area contributed by atoms with E-state index in [1.54, 1.807) is 6.07 Å². The number of carboxylic acid groups (broad SMARTS) is 1. The van der Waals surface area contributed by atoms with E-state index in [1.165, 1.54) is 11.0 Å². The first-order valence-electron chi connectivity index (χ1n) is 11.3. The van der Waals surface area contributed by atoms with Crippen LogP contribution in [0.15, 0.2) is 23.1 Å². The lowest BCUT2D eigenvalue weighted by Gasteiger charge is -2.38. The summed E-state index contributed by atoms with van der Waals surface area (Å²) >= 11 is 0. The summed E-state index contributed by atoms with van der Waals surface area (Å²) in [6.07, 6.45) is 2.44. The monoisotopic (exact) mass is 466 g/mol. The molecule has 0 aromatic heterocycles. The highest BCUT2D eigenvalue weighted by Crippen LogP contribution is 2.31. The summed E-state index contributed by atoms with van der Waals surface area (Å²) < 4.78 is 29.3. The lowest BCUT2D eigenvalue weighted by molar-refractivity contribution is -0.153. The maximum absolute atomic E-state index is 13.3. The van der Waals surface area contributed by atoms with Crippen LogP contribution in [0.3, 0.4) is 0 Å². The molecule has 178 valence electrons. The molecule has 2 heterocycles. The van der Waals surface area contributed by atoms with Crippen LogP contribution in [-0.4, -0.2) is 62.0 Å². The predicted octanol–water partition coefficient (Wildman–Crippen LogP) is 1.39. The number of hydrogen-bond donors (Lipinski definition) is 4. The Morgan fingerprint density at radius 2 is 2.06 bits per heavy atom. The number of nitrogens with two attached hydrogens (primary N) is 1. The Morgan fingerprint density at radius 1 is 1.31 bits per heavy atom. The highest BCUT2D eigenvalue weighted by atomic mass is 32.2. The number of nitrogens with zero attached hydrogens (tertiary/aromatic N) is 1. The maximum Gasteiger partial charge on any atom is 0.326 e. The number of sulfonamides is 1. The summed E-state index contributed by atoms with van der Waals surface area (Å²) in [6, 6.07) is 3.11. The second-order valence-electron chi connectivity index (χ2n) is 9.10. The number of amides is 1. The van der Waals surface area contributed by atoms with Gasteiger partial charge in [-0.3, -0.25) is 4.79 Å². The third-order valence-corrected chi connectivity index (χ3v) is 7.84. The summed E-state index contributed by atoms with van der Waals surface area (Å²) in [5, 5.41) is 12.8. The molecule has 0 spiro atoms. The number of hydrogen-bond acceptors (Lipinski definition) is 6. The Bertz CT molecular complexity index is 952. The van der Waals surface area contributed by atoms with E-state index in [0.717, 1.165) is 12.0 Å². The van der Waals surface area contributed by atoms with Crippen molar-refractivity contribution in [2.75, 3.05) is 25.0 Å². The minimum atomic E-state index is -4.03. The molecule has 1 amide bonds. The number of nitrogens with one attached hydrogen (secondary N) is 2. The third-order valence-electron chi connectivity index (χ3n) is 6.32. The average Bonchev–Trinajstić information content (AvgIpc) is 2.75. The standard InChI is InChI=1S/C22H34N4O5S/c1-14-8-10-26(18(12-14)22(28)29)21(27)17(6-4-9-23)25-32(30,31)19-7-3-5-16-11-15(2)13-24-20(16)19/h3,5,7,14-15,17-18,24-25H,4,6,8-13,23H2,1-2H3,(H,28,29)/t14-,15?,17+,18-/m1/s1. The van der Waals surface area contributed by atoms with Gasteiger partial charge in [-0.1, -0.05) is 26.0 Å². The van der Waals surface area contributed by atoms with Crippen LogP contribution in [0.5, 0.6) is 0 Å². The minimum absolute atomic E-state index is 0.106. The van der Waals surface area contributed by atoms with Gasteiger partial charge < -0.3 is 21.1 Å². The Kier molecular flexibility index (Phi) is 7.79. The van der Waals surface area contributed by atoms with Crippen LogP contribution in [0.1, 0.15) is 45.1 Å².